The van der Waals surface area contributed by atoms with E-state index in [1.165, 1.54) is 6.07 Å². The van der Waals surface area contributed by atoms with Crippen molar-refractivity contribution in [1.82, 2.24) is 4.98 Å². The average molecular weight is 352 g/mol. The Labute approximate surface area is 130 Å². The van der Waals surface area contributed by atoms with E-state index in [4.69, 9.17) is 0 Å². The SMILES string of the molecule is CCNc1cnccc1C(=O)Nc1cc(F)c(Br)cc1C. The van der Waals surface area contributed by atoms with Crippen LogP contribution in [0, 0.1) is 12.7 Å². The first-order valence-electron chi connectivity index (χ1n) is 6.47. The topological polar surface area (TPSA) is 54.0 Å². The lowest BCUT2D eigenvalue weighted by Crippen LogP contribution is -2.16. The van der Waals surface area contributed by atoms with Crippen molar-refractivity contribution in [3.63, 3.8) is 0 Å². The van der Waals surface area contributed by atoms with E-state index in [2.05, 4.69) is 31.5 Å². The quantitative estimate of drug-likeness (QED) is 0.875. The van der Waals surface area contributed by atoms with Crippen molar-refractivity contribution in [2.45, 2.75) is 13.8 Å². The van der Waals surface area contributed by atoms with Gasteiger partial charge in [0.25, 0.3) is 5.91 Å². The van der Waals surface area contributed by atoms with Gasteiger partial charge in [-0.3, -0.25) is 9.78 Å². The molecule has 0 radical (unpaired) electrons. The highest BCUT2D eigenvalue weighted by Gasteiger charge is 2.13. The maximum absolute atomic E-state index is 13.6. The molecule has 0 atom stereocenters. The zero-order valence-corrected chi connectivity index (χ0v) is 13.3. The highest BCUT2D eigenvalue weighted by Crippen LogP contribution is 2.25. The molecule has 1 heterocycles. The molecule has 1 amide bonds. The van der Waals surface area contributed by atoms with Crippen LogP contribution in [-0.4, -0.2) is 17.4 Å². The summed E-state index contributed by atoms with van der Waals surface area (Å²) < 4.78 is 14.0. The molecular formula is C15H15BrFN3O. The van der Waals surface area contributed by atoms with Crippen molar-refractivity contribution >= 4 is 33.2 Å². The Morgan fingerprint density at radius 1 is 1.38 bits per heavy atom. The van der Waals surface area contributed by atoms with E-state index in [0.29, 0.717) is 28.0 Å². The van der Waals surface area contributed by atoms with E-state index >= 15 is 0 Å². The monoisotopic (exact) mass is 351 g/mol. The van der Waals surface area contributed by atoms with Crippen LogP contribution in [0.4, 0.5) is 15.8 Å². The summed E-state index contributed by atoms with van der Waals surface area (Å²) in [5.41, 5.74) is 2.33. The van der Waals surface area contributed by atoms with Crippen LogP contribution in [0.1, 0.15) is 22.8 Å². The Bertz CT molecular complexity index is 676. The minimum atomic E-state index is -0.419. The number of aromatic nitrogens is 1. The number of rotatable bonds is 4. The number of pyridine rings is 1. The normalized spacial score (nSPS) is 10.3. The van der Waals surface area contributed by atoms with Gasteiger partial charge in [0.15, 0.2) is 0 Å². The van der Waals surface area contributed by atoms with Gasteiger partial charge in [-0.05, 0) is 53.5 Å². The van der Waals surface area contributed by atoms with Gasteiger partial charge in [0, 0.05) is 18.4 Å². The van der Waals surface area contributed by atoms with E-state index in [1.807, 2.05) is 6.92 Å². The molecule has 1 aromatic heterocycles. The Balaban J connectivity index is 2.28. The van der Waals surface area contributed by atoms with Crippen molar-refractivity contribution in [2.24, 2.45) is 0 Å². The van der Waals surface area contributed by atoms with Gasteiger partial charge in [-0.25, -0.2) is 4.39 Å². The van der Waals surface area contributed by atoms with Gasteiger partial charge in [-0.2, -0.15) is 0 Å². The molecule has 0 saturated heterocycles. The molecule has 0 fully saturated rings. The van der Waals surface area contributed by atoms with Crippen LogP contribution in [-0.2, 0) is 0 Å². The summed E-state index contributed by atoms with van der Waals surface area (Å²) in [6.45, 7) is 4.42. The van der Waals surface area contributed by atoms with Gasteiger partial charge >= 0.3 is 0 Å². The largest absolute Gasteiger partial charge is 0.383 e. The molecule has 0 unspecified atom stereocenters. The van der Waals surface area contributed by atoms with E-state index in [1.54, 1.807) is 31.5 Å². The van der Waals surface area contributed by atoms with Crippen molar-refractivity contribution in [3.8, 4) is 0 Å². The van der Waals surface area contributed by atoms with Crippen LogP contribution in [0.15, 0.2) is 35.1 Å². The maximum atomic E-state index is 13.6. The van der Waals surface area contributed by atoms with Crippen LogP contribution < -0.4 is 10.6 Å². The summed E-state index contributed by atoms with van der Waals surface area (Å²) in [5.74, 6) is -0.726. The molecule has 0 bridgehead atoms. The standard InChI is InChI=1S/C15H15BrFN3O/c1-3-19-14-8-18-5-4-10(14)15(21)20-13-7-12(17)11(16)6-9(13)2/h4-8,19H,3H2,1-2H3,(H,20,21). The molecule has 2 rings (SSSR count). The molecule has 2 aromatic rings. The zero-order chi connectivity index (χ0) is 15.4. The summed E-state index contributed by atoms with van der Waals surface area (Å²) in [6, 6.07) is 4.55. The van der Waals surface area contributed by atoms with E-state index in [9.17, 15) is 9.18 Å². The number of carbonyl (C=O) groups is 1. The first-order valence-corrected chi connectivity index (χ1v) is 7.27. The second kappa shape index (κ2) is 6.67. The molecule has 0 aliphatic carbocycles. The Morgan fingerprint density at radius 3 is 2.86 bits per heavy atom. The molecule has 110 valence electrons. The number of hydrogen-bond acceptors (Lipinski definition) is 3. The molecule has 4 nitrogen and oxygen atoms in total. The fourth-order valence-electron chi connectivity index (χ4n) is 1.89. The zero-order valence-electron chi connectivity index (χ0n) is 11.7. The van der Waals surface area contributed by atoms with Crippen LogP contribution >= 0.6 is 15.9 Å². The van der Waals surface area contributed by atoms with Crippen LogP contribution in [0.3, 0.4) is 0 Å². The number of halogens is 2. The highest BCUT2D eigenvalue weighted by atomic mass is 79.9. The number of carbonyl (C=O) groups excluding carboxylic acids is 1. The lowest BCUT2D eigenvalue weighted by atomic mass is 10.1. The maximum Gasteiger partial charge on any atom is 0.257 e. The number of nitrogens with one attached hydrogen (secondary N) is 2. The first-order chi connectivity index (χ1) is 10.0. The Morgan fingerprint density at radius 2 is 2.14 bits per heavy atom. The van der Waals surface area contributed by atoms with Gasteiger partial charge in [0.1, 0.15) is 5.82 Å². The third-order valence-electron chi connectivity index (χ3n) is 2.95. The number of benzene rings is 1. The molecule has 2 N–H and O–H groups in total. The predicted octanol–water partition coefficient (Wildman–Crippen LogP) is 3.98. The third-order valence-corrected chi connectivity index (χ3v) is 3.56. The lowest BCUT2D eigenvalue weighted by Gasteiger charge is -2.12. The van der Waals surface area contributed by atoms with Gasteiger partial charge in [0.05, 0.1) is 21.9 Å². The molecule has 6 heteroatoms. The smallest absolute Gasteiger partial charge is 0.257 e. The van der Waals surface area contributed by atoms with Crippen LogP contribution in [0.25, 0.3) is 0 Å². The molecule has 0 saturated carbocycles. The Kier molecular flexibility index (Phi) is 4.90. The number of nitrogens with zero attached hydrogens (tertiary/aromatic N) is 1. The molecular weight excluding hydrogens is 337 g/mol. The van der Waals surface area contributed by atoms with Crippen molar-refractivity contribution < 1.29 is 9.18 Å². The number of aryl methyl sites for hydroxylation is 1. The second-order valence-electron chi connectivity index (χ2n) is 4.49. The first kappa shape index (κ1) is 15.4. The van der Waals surface area contributed by atoms with Gasteiger partial charge < -0.3 is 10.6 Å². The number of anilines is 2. The predicted molar refractivity (Wildman–Crippen MR) is 85.2 cm³/mol. The third kappa shape index (κ3) is 3.58. The molecule has 0 spiro atoms. The van der Waals surface area contributed by atoms with E-state index in [0.717, 1.165) is 5.56 Å². The van der Waals surface area contributed by atoms with Crippen molar-refractivity contribution in [1.29, 1.82) is 0 Å². The van der Waals surface area contributed by atoms with E-state index < -0.39 is 5.82 Å². The van der Waals surface area contributed by atoms with Crippen molar-refractivity contribution in [2.75, 3.05) is 17.2 Å². The molecule has 21 heavy (non-hydrogen) atoms. The molecule has 0 aliphatic rings. The van der Waals surface area contributed by atoms with Crippen molar-refractivity contribution in [3.05, 3.63) is 52.0 Å². The summed E-state index contributed by atoms with van der Waals surface area (Å²) in [6.07, 6.45) is 3.14. The Hall–Kier alpha value is -1.95. The van der Waals surface area contributed by atoms with Gasteiger partial charge in [0.2, 0.25) is 0 Å². The number of hydrogen-bond donors (Lipinski definition) is 2. The second-order valence-corrected chi connectivity index (χ2v) is 5.34. The molecule has 1 aromatic carbocycles. The summed E-state index contributed by atoms with van der Waals surface area (Å²) in [4.78, 5) is 16.3. The summed E-state index contributed by atoms with van der Waals surface area (Å²) in [5, 5.41) is 5.80. The minimum absolute atomic E-state index is 0.307. The average Bonchev–Trinajstić information content (AvgIpc) is 2.45. The van der Waals surface area contributed by atoms with Gasteiger partial charge in [-0.1, -0.05) is 0 Å². The highest BCUT2D eigenvalue weighted by molar-refractivity contribution is 9.10. The fourth-order valence-corrected chi connectivity index (χ4v) is 2.35. The van der Waals surface area contributed by atoms with E-state index in [-0.39, 0.29) is 5.91 Å². The number of amides is 1. The minimum Gasteiger partial charge on any atom is -0.383 e. The lowest BCUT2D eigenvalue weighted by molar-refractivity contribution is 0.102. The summed E-state index contributed by atoms with van der Waals surface area (Å²) >= 11 is 3.12. The molecule has 0 aliphatic heterocycles. The summed E-state index contributed by atoms with van der Waals surface area (Å²) in [7, 11) is 0. The van der Waals surface area contributed by atoms with Crippen LogP contribution in [0.2, 0.25) is 0 Å². The fraction of sp³-hybridized carbons (Fsp3) is 0.200. The van der Waals surface area contributed by atoms with Crippen LogP contribution in [0.5, 0.6) is 0 Å². The van der Waals surface area contributed by atoms with Gasteiger partial charge in [-0.15, -0.1) is 0 Å².